The zero-order valence-corrected chi connectivity index (χ0v) is 12.6. The molecule has 0 saturated carbocycles. The lowest BCUT2D eigenvalue weighted by Gasteiger charge is -2.07. The summed E-state index contributed by atoms with van der Waals surface area (Å²) in [5.41, 5.74) is 0.763. The van der Waals surface area contributed by atoms with Gasteiger partial charge in [-0.05, 0) is 41.0 Å². The maximum Gasteiger partial charge on any atom is 0.238 e. The first-order valence-electron chi connectivity index (χ1n) is 5.64. The molecule has 0 aliphatic rings. The van der Waals surface area contributed by atoms with Crippen molar-refractivity contribution in [1.82, 2.24) is 5.32 Å². The van der Waals surface area contributed by atoms with Crippen LogP contribution in [-0.2, 0) is 15.6 Å². The Labute approximate surface area is 118 Å². The largest absolute Gasteiger partial charge is 0.324 e. The Hall–Kier alpha value is -0.720. The average Bonchev–Trinajstić information content (AvgIpc) is 2.31. The highest BCUT2D eigenvalue weighted by Crippen LogP contribution is 2.20. The number of nitrogens with one attached hydrogen (secondary N) is 2. The highest BCUT2D eigenvalue weighted by atomic mass is 79.9. The van der Waals surface area contributed by atoms with E-state index in [9.17, 15) is 9.00 Å². The Morgan fingerprint density at radius 2 is 2.11 bits per heavy atom. The summed E-state index contributed by atoms with van der Waals surface area (Å²) in [6, 6.07) is 7.47. The maximum atomic E-state index is 11.6. The van der Waals surface area contributed by atoms with Crippen molar-refractivity contribution >= 4 is 38.3 Å². The van der Waals surface area contributed by atoms with Gasteiger partial charge in [0.25, 0.3) is 0 Å². The van der Waals surface area contributed by atoms with Crippen LogP contribution in [0.15, 0.2) is 28.7 Å². The lowest BCUT2D eigenvalue weighted by atomic mass is 10.3. The van der Waals surface area contributed by atoms with Crippen LogP contribution >= 0.6 is 15.9 Å². The van der Waals surface area contributed by atoms with E-state index in [1.54, 1.807) is 6.26 Å². The third-order valence-corrected chi connectivity index (χ3v) is 3.77. The Kier molecular flexibility index (Phi) is 7.15. The summed E-state index contributed by atoms with van der Waals surface area (Å²) in [7, 11) is -0.761. The van der Waals surface area contributed by atoms with Crippen molar-refractivity contribution in [2.75, 3.05) is 30.4 Å². The van der Waals surface area contributed by atoms with Gasteiger partial charge < -0.3 is 10.6 Å². The van der Waals surface area contributed by atoms with Crippen molar-refractivity contribution in [2.24, 2.45) is 0 Å². The zero-order valence-electron chi connectivity index (χ0n) is 10.2. The number of carbonyl (C=O) groups is 1. The van der Waals surface area contributed by atoms with Crippen LogP contribution in [0.4, 0.5) is 5.69 Å². The van der Waals surface area contributed by atoms with Gasteiger partial charge in [-0.1, -0.05) is 12.1 Å². The van der Waals surface area contributed by atoms with Crippen molar-refractivity contribution in [1.29, 1.82) is 0 Å². The fourth-order valence-electron chi connectivity index (χ4n) is 1.36. The molecule has 1 amide bonds. The van der Waals surface area contributed by atoms with E-state index in [1.807, 2.05) is 24.3 Å². The van der Waals surface area contributed by atoms with Gasteiger partial charge in [-0.3, -0.25) is 9.00 Å². The number of hydrogen-bond donors (Lipinski definition) is 2. The van der Waals surface area contributed by atoms with E-state index in [-0.39, 0.29) is 12.5 Å². The van der Waals surface area contributed by atoms with Gasteiger partial charge >= 0.3 is 0 Å². The molecule has 6 heteroatoms. The number of benzene rings is 1. The second-order valence-electron chi connectivity index (χ2n) is 3.84. The van der Waals surface area contributed by atoms with E-state index in [1.165, 1.54) is 0 Å². The van der Waals surface area contributed by atoms with Gasteiger partial charge in [-0.2, -0.15) is 0 Å². The molecule has 0 aliphatic carbocycles. The molecule has 18 heavy (non-hydrogen) atoms. The quantitative estimate of drug-likeness (QED) is 0.748. The third-order valence-electron chi connectivity index (χ3n) is 2.22. The standard InChI is InChI=1S/C12H17BrN2O2S/c1-18(17)8-4-7-14-9-12(16)15-11-6-3-2-5-10(11)13/h2-3,5-6,14H,4,7-9H2,1H3,(H,15,16). The molecule has 4 nitrogen and oxygen atoms in total. The molecule has 1 rings (SSSR count). The Morgan fingerprint density at radius 1 is 1.39 bits per heavy atom. The van der Waals surface area contributed by atoms with Crippen LogP contribution in [0, 0.1) is 0 Å². The third kappa shape index (κ3) is 6.28. The number of anilines is 1. The first kappa shape index (κ1) is 15.3. The molecule has 1 unspecified atom stereocenters. The minimum absolute atomic E-state index is 0.0838. The van der Waals surface area contributed by atoms with Crippen LogP contribution in [0.25, 0.3) is 0 Å². The van der Waals surface area contributed by atoms with E-state index in [0.717, 1.165) is 16.6 Å². The topological polar surface area (TPSA) is 58.2 Å². The molecular formula is C12H17BrN2O2S. The van der Waals surface area contributed by atoms with Crippen LogP contribution in [0.5, 0.6) is 0 Å². The lowest BCUT2D eigenvalue weighted by Crippen LogP contribution is -2.29. The molecule has 0 bridgehead atoms. The highest BCUT2D eigenvalue weighted by molar-refractivity contribution is 9.10. The van der Waals surface area contributed by atoms with Crippen molar-refractivity contribution in [3.8, 4) is 0 Å². The maximum absolute atomic E-state index is 11.6. The molecule has 0 heterocycles. The van der Waals surface area contributed by atoms with Gasteiger partial charge in [0.2, 0.25) is 5.91 Å². The first-order valence-corrected chi connectivity index (χ1v) is 8.16. The number of para-hydroxylation sites is 1. The molecule has 0 saturated heterocycles. The average molecular weight is 333 g/mol. The van der Waals surface area contributed by atoms with Crippen LogP contribution in [0.3, 0.4) is 0 Å². The van der Waals surface area contributed by atoms with Gasteiger partial charge in [0, 0.05) is 27.3 Å². The van der Waals surface area contributed by atoms with Crippen molar-refractivity contribution in [2.45, 2.75) is 6.42 Å². The number of halogens is 1. The van der Waals surface area contributed by atoms with Crippen LogP contribution in [-0.4, -0.2) is 35.2 Å². The molecule has 100 valence electrons. The molecule has 2 N–H and O–H groups in total. The summed E-state index contributed by atoms with van der Waals surface area (Å²) in [5, 5.41) is 5.82. The van der Waals surface area contributed by atoms with E-state index in [2.05, 4.69) is 26.6 Å². The van der Waals surface area contributed by atoms with Gasteiger partial charge in [-0.15, -0.1) is 0 Å². The predicted molar refractivity (Wildman–Crippen MR) is 79.2 cm³/mol. The Balaban J connectivity index is 2.22. The van der Waals surface area contributed by atoms with Crippen molar-refractivity contribution < 1.29 is 9.00 Å². The van der Waals surface area contributed by atoms with Gasteiger partial charge in [0.15, 0.2) is 0 Å². The SMILES string of the molecule is CS(=O)CCCNCC(=O)Nc1ccccc1Br. The first-order chi connectivity index (χ1) is 8.59. The summed E-state index contributed by atoms with van der Waals surface area (Å²) in [4.78, 5) is 11.6. The fraction of sp³-hybridized carbons (Fsp3) is 0.417. The Morgan fingerprint density at radius 3 is 2.78 bits per heavy atom. The normalized spacial score (nSPS) is 12.1. The van der Waals surface area contributed by atoms with Gasteiger partial charge in [0.1, 0.15) is 0 Å². The minimum atomic E-state index is -0.761. The number of carbonyl (C=O) groups excluding carboxylic acids is 1. The summed E-state index contributed by atoms with van der Waals surface area (Å²) in [6.45, 7) is 0.959. The smallest absolute Gasteiger partial charge is 0.238 e. The molecule has 0 radical (unpaired) electrons. The second kappa shape index (κ2) is 8.39. The zero-order chi connectivity index (χ0) is 13.4. The highest BCUT2D eigenvalue weighted by Gasteiger charge is 2.04. The Bertz CT molecular complexity index is 426. The van der Waals surface area contributed by atoms with E-state index < -0.39 is 10.8 Å². The molecule has 1 atom stereocenters. The summed E-state index contributed by atoms with van der Waals surface area (Å²) < 4.78 is 11.7. The van der Waals surface area contributed by atoms with Crippen LogP contribution in [0.2, 0.25) is 0 Å². The molecule has 0 spiro atoms. The van der Waals surface area contributed by atoms with Gasteiger partial charge in [-0.25, -0.2) is 0 Å². The fourth-order valence-corrected chi connectivity index (χ4v) is 2.29. The van der Waals surface area contributed by atoms with Crippen LogP contribution in [0.1, 0.15) is 6.42 Å². The van der Waals surface area contributed by atoms with E-state index in [0.29, 0.717) is 12.3 Å². The molecule has 0 fully saturated rings. The summed E-state index contributed by atoms with van der Waals surface area (Å²) in [5.74, 6) is 0.582. The molecular weight excluding hydrogens is 316 g/mol. The minimum Gasteiger partial charge on any atom is -0.324 e. The van der Waals surface area contributed by atoms with E-state index >= 15 is 0 Å². The molecule has 0 aliphatic heterocycles. The van der Waals surface area contributed by atoms with Gasteiger partial charge in [0.05, 0.1) is 12.2 Å². The molecule has 1 aromatic carbocycles. The number of rotatable bonds is 7. The second-order valence-corrected chi connectivity index (χ2v) is 6.24. The number of amides is 1. The molecule has 1 aromatic rings. The summed E-state index contributed by atoms with van der Waals surface area (Å²) in [6.07, 6.45) is 2.49. The predicted octanol–water partition coefficient (Wildman–Crippen LogP) is 1.75. The summed E-state index contributed by atoms with van der Waals surface area (Å²) >= 11 is 3.36. The van der Waals surface area contributed by atoms with Crippen molar-refractivity contribution in [3.63, 3.8) is 0 Å². The van der Waals surface area contributed by atoms with E-state index in [4.69, 9.17) is 0 Å². The molecule has 0 aromatic heterocycles. The number of hydrogen-bond acceptors (Lipinski definition) is 3. The van der Waals surface area contributed by atoms with Crippen LogP contribution < -0.4 is 10.6 Å². The lowest BCUT2D eigenvalue weighted by molar-refractivity contribution is -0.115. The monoisotopic (exact) mass is 332 g/mol. The van der Waals surface area contributed by atoms with Crippen molar-refractivity contribution in [3.05, 3.63) is 28.7 Å².